The summed E-state index contributed by atoms with van der Waals surface area (Å²) in [5.41, 5.74) is 11.1. The van der Waals surface area contributed by atoms with Crippen LogP contribution in [-0.2, 0) is 9.59 Å². The Morgan fingerprint density at radius 1 is 1.33 bits per heavy atom. The molecule has 0 radical (unpaired) electrons. The van der Waals surface area contributed by atoms with Crippen molar-refractivity contribution in [1.82, 2.24) is 10.7 Å². The van der Waals surface area contributed by atoms with Crippen LogP contribution in [0.3, 0.4) is 0 Å². The molecule has 1 fully saturated rings. The van der Waals surface area contributed by atoms with Crippen LogP contribution in [0.1, 0.15) is 38.3 Å². The Morgan fingerprint density at radius 2 is 1.96 bits per heavy atom. The number of hydrazine groups is 1. The third kappa shape index (κ3) is 3.67. The van der Waals surface area contributed by atoms with Crippen molar-refractivity contribution in [3.63, 3.8) is 0 Å². The zero-order valence-corrected chi connectivity index (χ0v) is 15.1. The van der Waals surface area contributed by atoms with Crippen LogP contribution >= 0.6 is 0 Å². The number of rotatable bonds is 6. The molecule has 2 unspecified atom stereocenters. The number of aldehydes is 1. The number of hydrogen-bond donors (Lipinski definition) is 3. The molecule has 130 valence electrons. The number of Topliss-reactive ketones (excluding diaryl/α,β-unsaturated/α-hetero) is 1. The summed E-state index contributed by atoms with van der Waals surface area (Å²) in [6.07, 6.45) is 1.22. The summed E-state index contributed by atoms with van der Waals surface area (Å²) in [5.74, 6) is -0.791. The van der Waals surface area contributed by atoms with E-state index in [4.69, 9.17) is 0 Å². The summed E-state index contributed by atoms with van der Waals surface area (Å²) < 4.78 is 0. The van der Waals surface area contributed by atoms with E-state index in [-0.39, 0.29) is 11.3 Å². The van der Waals surface area contributed by atoms with Gasteiger partial charge in [-0.05, 0) is 62.9 Å². The summed E-state index contributed by atoms with van der Waals surface area (Å²) in [7, 11) is 0. The second-order valence-electron chi connectivity index (χ2n) is 6.85. The minimum Gasteiger partial charge on any atom is -0.307 e. The topological polar surface area (TPSA) is 70.2 Å². The number of carbonyl (C=O) groups is 2. The van der Waals surface area contributed by atoms with Gasteiger partial charge in [-0.2, -0.15) is 0 Å². The number of carbonyl (C=O) groups excluding carboxylic acids is 2. The third-order valence-electron chi connectivity index (χ3n) is 4.90. The van der Waals surface area contributed by atoms with Gasteiger partial charge >= 0.3 is 0 Å². The summed E-state index contributed by atoms with van der Waals surface area (Å²) in [5, 5.41) is 3.39. The first kappa shape index (κ1) is 18.2. The number of nitrogens with one attached hydrogen (secondary N) is 3. The van der Waals surface area contributed by atoms with E-state index in [1.807, 2.05) is 20.8 Å². The smallest absolute Gasteiger partial charge is 0.204 e. The molecule has 1 aliphatic heterocycles. The van der Waals surface area contributed by atoms with Gasteiger partial charge in [0, 0.05) is 17.8 Å². The molecule has 0 amide bonds. The largest absolute Gasteiger partial charge is 0.307 e. The van der Waals surface area contributed by atoms with Crippen molar-refractivity contribution in [1.29, 1.82) is 0 Å². The van der Waals surface area contributed by atoms with Gasteiger partial charge in [-0.1, -0.05) is 13.0 Å². The Labute approximate surface area is 143 Å². The molecule has 1 saturated heterocycles. The Balaban J connectivity index is 2.22. The molecule has 1 aromatic rings. The van der Waals surface area contributed by atoms with Crippen LogP contribution in [0.2, 0.25) is 0 Å². The molecule has 1 aliphatic rings. The molecule has 0 bridgehead atoms. The first-order valence-corrected chi connectivity index (χ1v) is 8.34. The van der Waals surface area contributed by atoms with E-state index in [0.29, 0.717) is 12.8 Å². The quantitative estimate of drug-likeness (QED) is 0.425. The van der Waals surface area contributed by atoms with Crippen molar-refractivity contribution in [2.24, 2.45) is 5.92 Å². The standard InChI is InChI=1S/C19H27N3O2/c1-6-19(5)18(17(24)11-23)16(10-20-19)14(4)21-22-15-8-12(2)7-13(3)9-15/h7-9,11,18,20-22H,6,10H2,1-5H3. The Bertz CT molecular complexity index is 661. The van der Waals surface area contributed by atoms with E-state index in [1.54, 1.807) is 0 Å². The minimum absolute atomic E-state index is 0.369. The summed E-state index contributed by atoms with van der Waals surface area (Å²) in [4.78, 5) is 23.3. The van der Waals surface area contributed by atoms with Crippen LogP contribution in [0.4, 0.5) is 5.69 Å². The first-order chi connectivity index (χ1) is 11.3. The SMILES string of the molecule is CCC1(C)NCC(=C(C)NNc2cc(C)cc(C)c2)C1C(=O)C=O. The first-order valence-electron chi connectivity index (χ1n) is 8.34. The molecule has 3 N–H and O–H groups in total. The van der Waals surface area contributed by atoms with E-state index in [9.17, 15) is 9.59 Å². The van der Waals surface area contributed by atoms with Crippen LogP contribution < -0.4 is 16.2 Å². The average Bonchev–Trinajstić information content (AvgIpc) is 2.89. The maximum atomic E-state index is 12.2. The van der Waals surface area contributed by atoms with Crippen molar-refractivity contribution in [3.05, 3.63) is 40.6 Å². The number of allylic oxidation sites excluding steroid dienone is 1. The molecular formula is C19H27N3O2. The van der Waals surface area contributed by atoms with Gasteiger partial charge in [0.1, 0.15) is 0 Å². The lowest BCUT2D eigenvalue weighted by Crippen LogP contribution is -2.44. The second kappa shape index (κ2) is 7.18. The lowest BCUT2D eigenvalue weighted by Gasteiger charge is -2.29. The average molecular weight is 329 g/mol. The van der Waals surface area contributed by atoms with Crippen molar-refractivity contribution < 1.29 is 9.59 Å². The molecule has 1 heterocycles. The Morgan fingerprint density at radius 3 is 2.50 bits per heavy atom. The predicted molar refractivity (Wildman–Crippen MR) is 96.6 cm³/mol. The lowest BCUT2D eigenvalue weighted by atomic mass is 9.79. The fraction of sp³-hybridized carbons (Fsp3) is 0.474. The molecule has 24 heavy (non-hydrogen) atoms. The zero-order valence-electron chi connectivity index (χ0n) is 15.1. The van der Waals surface area contributed by atoms with E-state index < -0.39 is 5.92 Å². The van der Waals surface area contributed by atoms with Gasteiger partial charge < -0.3 is 16.2 Å². The van der Waals surface area contributed by atoms with Crippen LogP contribution in [0.5, 0.6) is 0 Å². The molecule has 0 aromatic heterocycles. The van der Waals surface area contributed by atoms with E-state index in [0.717, 1.165) is 23.4 Å². The highest BCUT2D eigenvalue weighted by atomic mass is 16.2. The minimum atomic E-state index is -0.423. The molecule has 5 nitrogen and oxygen atoms in total. The number of aryl methyl sites for hydroxylation is 2. The van der Waals surface area contributed by atoms with Gasteiger partial charge in [0.2, 0.25) is 5.78 Å². The Kier molecular flexibility index (Phi) is 5.44. The summed E-state index contributed by atoms with van der Waals surface area (Å²) in [6.45, 7) is 10.7. The van der Waals surface area contributed by atoms with Gasteiger partial charge in [-0.3, -0.25) is 9.59 Å². The number of ketones is 1. The Hall–Kier alpha value is -2.14. The van der Waals surface area contributed by atoms with Crippen molar-refractivity contribution >= 4 is 17.8 Å². The molecule has 0 spiro atoms. The fourth-order valence-electron chi connectivity index (χ4n) is 3.41. The molecule has 1 aromatic carbocycles. The number of benzene rings is 1. The molecular weight excluding hydrogens is 302 g/mol. The maximum Gasteiger partial charge on any atom is 0.204 e. The predicted octanol–water partition coefficient (Wildman–Crippen LogP) is 2.65. The summed E-state index contributed by atoms with van der Waals surface area (Å²) >= 11 is 0. The van der Waals surface area contributed by atoms with Gasteiger partial charge in [0.05, 0.1) is 11.6 Å². The molecule has 0 aliphatic carbocycles. The maximum absolute atomic E-state index is 12.2. The zero-order chi connectivity index (χ0) is 17.9. The van der Waals surface area contributed by atoms with Gasteiger partial charge in [0.25, 0.3) is 0 Å². The molecule has 2 rings (SSSR count). The monoisotopic (exact) mass is 329 g/mol. The summed E-state index contributed by atoms with van der Waals surface area (Å²) in [6, 6.07) is 6.22. The van der Waals surface area contributed by atoms with Crippen LogP contribution in [0, 0.1) is 19.8 Å². The van der Waals surface area contributed by atoms with E-state index in [2.05, 4.69) is 48.2 Å². The fourth-order valence-corrected chi connectivity index (χ4v) is 3.41. The highest BCUT2D eigenvalue weighted by Crippen LogP contribution is 2.35. The van der Waals surface area contributed by atoms with E-state index in [1.165, 1.54) is 11.1 Å². The highest BCUT2D eigenvalue weighted by molar-refractivity contribution is 6.27. The van der Waals surface area contributed by atoms with Gasteiger partial charge in [-0.25, -0.2) is 0 Å². The lowest BCUT2D eigenvalue weighted by molar-refractivity contribution is -0.132. The van der Waals surface area contributed by atoms with Crippen LogP contribution in [0.15, 0.2) is 29.5 Å². The highest BCUT2D eigenvalue weighted by Gasteiger charge is 2.45. The molecule has 0 saturated carbocycles. The van der Waals surface area contributed by atoms with Gasteiger partial charge in [-0.15, -0.1) is 0 Å². The molecule has 2 atom stereocenters. The van der Waals surface area contributed by atoms with Gasteiger partial charge in [0.15, 0.2) is 6.29 Å². The number of anilines is 1. The third-order valence-corrected chi connectivity index (χ3v) is 4.90. The second-order valence-corrected chi connectivity index (χ2v) is 6.85. The molecule has 5 heteroatoms. The van der Waals surface area contributed by atoms with Crippen LogP contribution in [0.25, 0.3) is 0 Å². The van der Waals surface area contributed by atoms with Crippen molar-refractivity contribution in [2.45, 2.75) is 46.6 Å². The van der Waals surface area contributed by atoms with Crippen molar-refractivity contribution in [3.8, 4) is 0 Å². The normalized spacial score (nSPS) is 25.3. The van der Waals surface area contributed by atoms with Crippen LogP contribution in [-0.4, -0.2) is 24.2 Å². The van der Waals surface area contributed by atoms with Crippen molar-refractivity contribution in [2.75, 3.05) is 12.0 Å². The number of hydrogen-bond acceptors (Lipinski definition) is 5. The van der Waals surface area contributed by atoms with E-state index >= 15 is 0 Å².